The number of urea groups is 1. The highest BCUT2D eigenvalue weighted by atomic mass is 16.6. The van der Waals surface area contributed by atoms with E-state index in [0.717, 1.165) is 18.4 Å². The van der Waals surface area contributed by atoms with Crippen LogP contribution < -0.4 is 5.32 Å². The molecule has 2 fully saturated rings. The van der Waals surface area contributed by atoms with Crippen LogP contribution in [0.5, 0.6) is 0 Å². The van der Waals surface area contributed by atoms with Gasteiger partial charge in [0.05, 0.1) is 13.1 Å². The lowest BCUT2D eigenvalue weighted by Gasteiger charge is -2.38. The van der Waals surface area contributed by atoms with E-state index in [1.165, 1.54) is 0 Å². The summed E-state index contributed by atoms with van der Waals surface area (Å²) in [5, 5.41) is 10.7. The molecule has 3 heterocycles. The van der Waals surface area contributed by atoms with Crippen LogP contribution in [0.4, 0.5) is 15.3 Å². The number of benzene rings is 1. The third-order valence-corrected chi connectivity index (χ3v) is 4.88. The van der Waals surface area contributed by atoms with E-state index in [-0.39, 0.29) is 12.1 Å². The molecular weight excluding hydrogens is 350 g/mol. The van der Waals surface area contributed by atoms with Gasteiger partial charge in [0, 0.05) is 31.8 Å². The number of carbonyl (C=O) groups excluding carboxylic acids is 2. The molecule has 9 heteroatoms. The summed E-state index contributed by atoms with van der Waals surface area (Å²) in [6.07, 6.45) is 1.24. The van der Waals surface area contributed by atoms with Crippen molar-refractivity contribution in [2.24, 2.45) is 0 Å². The number of likely N-dealkylation sites (tertiary alicyclic amines) is 1. The van der Waals surface area contributed by atoms with Crippen LogP contribution in [-0.2, 0) is 4.74 Å². The standard InChI is InChI=1S/C18H21N5O4/c1-12-20-21-15(26-12)13-4-6-14(7-5-13)19-16(24)23-9-3-8-18(11-23)10-22(2)17(25)27-18/h4-7H,3,8-11H2,1-2H3,(H,19,24)/t18-/m1/s1. The summed E-state index contributed by atoms with van der Waals surface area (Å²) in [6.45, 7) is 3.27. The molecule has 4 rings (SSSR count). The maximum absolute atomic E-state index is 12.6. The molecule has 2 aromatic rings. The first-order valence-electron chi connectivity index (χ1n) is 8.85. The Labute approximate surface area is 156 Å². The first-order chi connectivity index (χ1) is 12.9. The number of nitrogens with one attached hydrogen (secondary N) is 1. The van der Waals surface area contributed by atoms with E-state index in [1.807, 2.05) is 12.1 Å². The highest BCUT2D eigenvalue weighted by molar-refractivity contribution is 5.89. The van der Waals surface area contributed by atoms with Gasteiger partial charge in [-0.1, -0.05) is 0 Å². The van der Waals surface area contributed by atoms with Crippen LogP contribution in [0.3, 0.4) is 0 Å². The predicted molar refractivity (Wildman–Crippen MR) is 96.1 cm³/mol. The lowest BCUT2D eigenvalue weighted by molar-refractivity contribution is 0.00497. The Bertz CT molecular complexity index is 865. The first-order valence-corrected chi connectivity index (χ1v) is 8.85. The zero-order valence-electron chi connectivity index (χ0n) is 15.3. The van der Waals surface area contributed by atoms with Gasteiger partial charge < -0.3 is 24.3 Å². The summed E-state index contributed by atoms with van der Waals surface area (Å²) < 4.78 is 10.9. The average molecular weight is 371 g/mol. The first kappa shape index (κ1) is 17.3. The topological polar surface area (TPSA) is 101 Å². The summed E-state index contributed by atoms with van der Waals surface area (Å²) in [4.78, 5) is 27.6. The molecule has 0 unspecified atom stereocenters. The smallest absolute Gasteiger partial charge is 0.410 e. The van der Waals surface area contributed by atoms with Crippen LogP contribution in [0.2, 0.25) is 0 Å². The van der Waals surface area contributed by atoms with Gasteiger partial charge in [0.25, 0.3) is 0 Å². The number of nitrogens with zero attached hydrogens (tertiary/aromatic N) is 4. The maximum atomic E-state index is 12.6. The Morgan fingerprint density at radius 1 is 1.22 bits per heavy atom. The molecule has 0 bridgehead atoms. The number of aryl methyl sites for hydroxylation is 1. The third kappa shape index (κ3) is 3.44. The van der Waals surface area contributed by atoms with Gasteiger partial charge in [0.1, 0.15) is 5.60 Å². The molecule has 2 aliphatic rings. The van der Waals surface area contributed by atoms with Crippen molar-refractivity contribution in [1.29, 1.82) is 0 Å². The highest BCUT2D eigenvalue weighted by Gasteiger charge is 2.47. The minimum absolute atomic E-state index is 0.207. The second-order valence-corrected chi connectivity index (χ2v) is 7.07. The number of hydrogen-bond donors (Lipinski definition) is 1. The number of aromatic nitrogens is 2. The SMILES string of the molecule is Cc1nnc(-c2ccc(NC(=O)N3CCC[C@@]4(CN(C)C(=O)O4)C3)cc2)o1. The van der Waals surface area contributed by atoms with Crippen molar-refractivity contribution in [1.82, 2.24) is 20.0 Å². The molecule has 2 aliphatic heterocycles. The van der Waals surface area contributed by atoms with Crippen LogP contribution in [-0.4, -0.2) is 64.4 Å². The van der Waals surface area contributed by atoms with Gasteiger partial charge in [-0.3, -0.25) is 0 Å². The fraction of sp³-hybridized carbons (Fsp3) is 0.444. The second kappa shape index (κ2) is 6.57. The number of carbonyl (C=O) groups is 2. The predicted octanol–water partition coefficient (Wildman–Crippen LogP) is 2.49. The van der Waals surface area contributed by atoms with Gasteiger partial charge in [0.15, 0.2) is 0 Å². The molecule has 2 saturated heterocycles. The molecule has 9 nitrogen and oxygen atoms in total. The molecule has 1 N–H and O–H groups in total. The van der Waals surface area contributed by atoms with Crippen molar-refractivity contribution < 1.29 is 18.7 Å². The zero-order valence-corrected chi connectivity index (χ0v) is 15.3. The molecule has 1 spiro atoms. The summed E-state index contributed by atoms with van der Waals surface area (Å²) in [5.74, 6) is 0.940. The fourth-order valence-electron chi connectivity index (χ4n) is 3.59. The largest absolute Gasteiger partial charge is 0.439 e. The van der Waals surface area contributed by atoms with Gasteiger partial charge in [-0.25, -0.2) is 9.59 Å². The van der Waals surface area contributed by atoms with Gasteiger partial charge in [0.2, 0.25) is 11.8 Å². The molecule has 3 amide bonds. The van der Waals surface area contributed by atoms with Crippen LogP contribution in [0.1, 0.15) is 18.7 Å². The normalized spacial score (nSPS) is 22.2. The van der Waals surface area contributed by atoms with E-state index in [1.54, 1.807) is 35.9 Å². The van der Waals surface area contributed by atoms with Crippen LogP contribution in [0, 0.1) is 6.92 Å². The average Bonchev–Trinajstić information content (AvgIpc) is 3.19. The summed E-state index contributed by atoms with van der Waals surface area (Å²) in [6, 6.07) is 6.99. The van der Waals surface area contributed by atoms with Crippen molar-refractivity contribution in [3.05, 3.63) is 30.2 Å². The monoisotopic (exact) mass is 371 g/mol. The van der Waals surface area contributed by atoms with Crippen LogP contribution in [0.15, 0.2) is 28.7 Å². The zero-order chi connectivity index (χ0) is 19.0. The minimum Gasteiger partial charge on any atom is -0.439 e. The van der Waals surface area contributed by atoms with E-state index in [4.69, 9.17) is 9.15 Å². The number of hydrogen-bond acceptors (Lipinski definition) is 6. The number of amides is 3. The lowest BCUT2D eigenvalue weighted by atomic mass is 9.93. The Kier molecular flexibility index (Phi) is 4.21. The molecule has 1 aromatic heterocycles. The lowest BCUT2D eigenvalue weighted by Crippen LogP contribution is -2.53. The minimum atomic E-state index is -0.596. The second-order valence-electron chi connectivity index (χ2n) is 7.07. The molecule has 1 aromatic carbocycles. The van der Waals surface area contributed by atoms with Crippen LogP contribution in [0.25, 0.3) is 11.5 Å². The van der Waals surface area contributed by atoms with E-state index in [9.17, 15) is 9.59 Å². The van der Waals surface area contributed by atoms with E-state index < -0.39 is 5.60 Å². The molecule has 0 radical (unpaired) electrons. The number of anilines is 1. The van der Waals surface area contributed by atoms with Crippen molar-refractivity contribution >= 4 is 17.8 Å². The van der Waals surface area contributed by atoms with Gasteiger partial charge in [-0.05, 0) is 37.1 Å². The van der Waals surface area contributed by atoms with Gasteiger partial charge in [-0.15, -0.1) is 10.2 Å². The number of ether oxygens (including phenoxy) is 1. The Morgan fingerprint density at radius 2 is 2.00 bits per heavy atom. The maximum Gasteiger partial charge on any atom is 0.410 e. The van der Waals surface area contributed by atoms with Gasteiger partial charge >= 0.3 is 12.1 Å². The summed E-state index contributed by atoms with van der Waals surface area (Å²) >= 11 is 0. The van der Waals surface area contributed by atoms with E-state index in [2.05, 4.69) is 15.5 Å². The Balaban J connectivity index is 1.41. The Morgan fingerprint density at radius 3 is 2.63 bits per heavy atom. The number of piperidine rings is 1. The van der Waals surface area contributed by atoms with Crippen LogP contribution >= 0.6 is 0 Å². The number of rotatable bonds is 2. The third-order valence-electron chi connectivity index (χ3n) is 4.88. The van der Waals surface area contributed by atoms with Crippen molar-refractivity contribution in [3.63, 3.8) is 0 Å². The van der Waals surface area contributed by atoms with Crippen molar-refractivity contribution in [3.8, 4) is 11.5 Å². The van der Waals surface area contributed by atoms with Crippen molar-refractivity contribution in [2.75, 3.05) is 32.0 Å². The molecular formula is C18H21N5O4. The molecule has 0 aliphatic carbocycles. The summed E-state index contributed by atoms with van der Waals surface area (Å²) in [7, 11) is 1.71. The Hall–Kier alpha value is -3.10. The van der Waals surface area contributed by atoms with E-state index in [0.29, 0.717) is 37.1 Å². The molecule has 27 heavy (non-hydrogen) atoms. The highest BCUT2D eigenvalue weighted by Crippen LogP contribution is 2.31. The molecule has 142 valence electrons. The van der Waals surface area contributed by atoms with Gasteiger partial charge in [-0.2, -0.15) is 0 Å². The fourth-order valence-corrected chi connectivity index (χ4v) is 3.59. The molecule has 0 saturated carbocycles. The quantitative estimate of drug-likeness (QED) is 0.870. The van der Waals surface area contributed by atoms with E-state index >= 15 is 0 Å². The summed E-state index contributed by atoms with van der Waals surface area (Å²) in [5.41, 5.74) is 0.854. The van der Waals surface area contributed by atoms with Crippen molar-refractivity contribution in [2.45, 2.75) is 25.4 Å². The molecule has 1 atom stereocenters. The number of likely N-dealkylation sites (N-methyl/N-ethyl adjacent to an activating group) is 1.